The Bertz CT molecular complexity index is 474. The van der Waals surface area contributed by atoms with Gasteiger partial charge in [0.15, 0.2) is 12.9 Å². The number of methoxy groups -OCH3 is 1. The molecule has 0 aromatic carbocycles. The van der Waals surface area contributed by atoms with E-state index in [0.29, 0.717) is 0 Å². The van der Waals surface area contributed by atoms with Gasteiger partial charge in [-0.15, -0.1) is 0 Å². The maximum absolute atomic E-state index is 13.1. The first-order valence-corrected chi connectivity index (χ1v) is 8.01. The zero-order chi connectivity index (χ0) is 20.2. The van der Waals surface area contributed by atoms with Gasteiger partial charge in [0.25, 0.3) is 0 Å². The highest BCUT2D eigenvalue weighted by atomic mass is 19.3. The van der Waals surface area contributed by atoms with Crippen LogP contribution in [0.1, 0.15) is 34.1 Å². The Morgan fingerprint density at radius 1 is 1.15 bits per heavy atom. The van der Waals surface area contributed by atoms with Crippen LogP contribution in [0.4, 0.5) is 13.6 Å². The fourth-order valence-electron chi connectivity index (χ4n) is 1.56. The number of esters is 1. The summed E-state index contributed by atoms with van der Waals surface area (Å²) in [5.74, 6) is -1.71. The summed E-state index contributed by atoms with van der Waals surface area (Å²) in [4.78, 5) is 23.2. The summed E-state index contributed by atoms with van der Waals surface area (Å²) in [6, 6.07) is 0. The molecule has 1 unspecified atom stereocenters. The van der Waals surface area contributed by atoms with Crippen LogP contribution in [-0.4, -0.2) is 57.4 Å². The molecule has 0 bridgehead atoms. The van der Waals surface area contributed by atoms with Gasteiger partial charge >= 0.3 is 18.1 Å². The fraction of sp³-hybridized carbons (Fsp3) is 0.750. The summed E-state index contributed by atoms with van der Waals surface area (Å²) in [6.45, 7) is 5.98. The van der Waals surface area contributed by atoms with Gasteiger partial charge in [-0.3, -0.25) is 4.79 Å². The number of carbonyl (C=O) groups excluding carboxylic acids is 2. The second-order valence-electron chi connectivity index (χ2n) is 6.03. The number of alkyl carbamates (subject to hydrolysis) is 1. The molecule has 0 aliphatic carbocycles. The van der Waals surface area contributed by atoms with Crippen LogP contribution in [0, 0.1) is 0 Å². The van der Waals surface area contributed by atoms with E-state index in [1.165, 1.54) is 14.0 Å². The molecule has 0 radical (unpaired) electrons. The normalized spacial score (nSPS) is 12.1. The molecule has 0 heterocycles. The maximum Gasteiger partial charge on any atom is 0.408 e. The monoisotopic (exact) mass is 383 g/mol. The van der Waals surface area contributed by atoms with Crippen molar-refractivity contribution in [2.24, 2.45) is 0 Å². The average Bonchev–Trinajstić information content (AvgIpc) is 2.52. The van der Waals surface area contributed by atoms with Crippen LogP contribution in [0.5, 0.6) is 0 Å². The minimum atomic E-state index is -2.12. The Labute approximate surface area is 151 Å². The molecule has 0 saturated carbocycles. The van der Waals surface area contributed by atoms with Gasteiger partial charge in [0.1, 0.15) is 12.1 Å². The number of nitrogens with one attached hydrogen (secondary N) is 1. The van der Waals surface area contributed by atoms with E-state index in [2.05, 4.69) is 5.32 Å². The lowest BCUT2D eigenvalue weighted by atomic mass is 10.2. The van der Waals surface area contributed by atoms with Crippen molar-refractivity contribution in [2.75, 3.05) is 33.7 Å². The molecule has 152 valence electrons. The Morgan fingerprint density at radius 3 is 2.31 bits per heavy atom. The van der Waals surface area contributed by atoms with E-state index in [-0.39, 0.29) is 19.6 Å². The second-order valence-corrected chi connectivity index (χ2v) is 6.03. The molecule has 0 rings (SSSR count). The van der Waals surface area contributed by atoms with Gasteiger partial charge in [-0.05, 0) is 27.2 Å². The number of halogens is 2. The number of hydrogen-bond acceptors (Lipinski definition) is 7. The molecule has 8 nitrogen and oxygen atoms in total. The van der Waals surface area contributed by atoms with Crippen molar-refractivity contribution < 1.29 is 42.1 Å². The van der Waals surface area contributed by atoms with E-state index in [9.17, 15) is 18.4 Å². The lowest BCUT2D eigenvalue weighted by molar-refractivity contribution is -0.150. The summed E-state index contributed by atoms with van der Waals surface area (Å²) in [5, 5.41) is 2.18. The first-order chi connectivity index (χ1) is 12.1. The van der Waals surface area contributed by atoms with E-state index >= 15 is 0 Å². The lowest BCUT2D eigenvalue weighted by Crippen LogP contribution is -2.37. The van der Waals surface area contributed by atoms with E-state index in [1.807, 2.05) is 0 Å². The summed E-state index contributed by atoms with van der Waals surface area (Å²) >= 11 is 0. The molecule has 0 saturated heterocycles. The molecule has 0 aliphatic heterocycles. The topological polar surface area (TPSA) is 92.3 Å². The summed E-state index contributed by atoms with van der Waals surface area (Å²) < 4.78 is 50.5. The van der Waals surface area contributed by atoms with Crippen molar-refractivity contribution >= 4 is 12.1 Å². The van der Waals surface area contributed by atoms with Crippen molar-refractivity contribution in [3.8, 4) is 0 Å². The maximum atomic E-state index is 13.1. The summed E-state index contributed by atoms with van der Waals surface area (Å²) in [7, 11) is 1.47. The molecule has 1 atom stereocenters. The largest absolute Gasteiger partial charge is 0.462 e. The zero-order valence-corrected chi connectivity index (χ0v) is 15.7. The molecule has 0 spiro atoms. The highest BCUT2D eigenvalue weighted by Crippen LogP contribution is 2.19. The Kier molecular flexibility index (Phi) is 11.5. The quantitative estimate of drug-likeness (QED) is 0.254. The van der Waals surface area contributed by atoms with Gasteiger partial charge in [-0.1, -0.05) is 6.92 Å². The third-order valence-electron chi connectivity index (χ3n) is 2.63. The van der Waals surface area contributed by atoms with Crippen LogP contribution in [0.2, 0.25) is 0 Å². The second kappa shape index (κ2) is 12.4. The van der Waals surface area contributed by atoms with Crippen molar-refractivity contribution in [3.05, 3.63) is 11.8 Å². The number of carbonyl (C=O) groups is 2. The molecular weight excluding hydrogens is 356 g/mol. The Hall–Kier alpha value is -1.94. The molecule has 26 heavy (non-hydrogen) atoms. The van der Waals surface area contributed by atoms with Gasteiger partial charge in [-0.25, -0.2) is 4.79 Å². The Morgan fingerprint density at radius 2 is 1.81 bits per heavy atom. The number of rotatable bonds is 11. The minimum absolute atomic E-state index is 0.0446. The summed E-state index contributed by atoms with van der Waals surface area (Å²) in [6.07, 6.45) is -4.21. The molecule has 0 aromatic rings. The fourth-order valence-corrected chi connectivity index (χ4v) is 1.56. The highest BCUT2D eigenvalue weighted by molar-refractivity contribution is 5.78. The van der Waals surface area contributed by atoms with Gasteiger partial charge in [-0.2, -0.15) is 8.78 Å². The van der Waals surface area contributed by atoms with Crippen LogP contribution >= 0.6 is 0 Å². The van der Waals surface area contributed by atoms with Crippen LogP contribution in [-0.2, 0) is 28.5 Å². The highest BCUT2D eigenvalue weighted by Gasteiger charge is 2.25. The smallest absolute Gasteiger partial charge is 0.408 e. The minimum Gasteiger partial charge on any atom is -0.462 e. The molecule has 0 fully saturated rings. The van der Waals surface area contributed by atoms with E-state index in [4.69, 9.17) is 23.7 Å². The van der Waals surface area contributed by atoms with Crippen molar-refractivity contribution in [2.45, 2.75) is 45.8 Å². The number of ether oxygens (including phenoxy) is 5. The average molecular weight is 383 g/mol. The Balaban J connectivity index is 4.51. The number of amides is 1. The SMILES string of the molecule is CCC(OC(=O)CNC(=O)OC(C)(C)C)C(OCOCCOC)=C(F)F. The van der Waals surface area contributed by atoms with Crippen LogP contribution < -0.4 is 5.32 Å². The predicted octanol–water partition coefficient (Wildman–Crippen LogP) is 2.58. The predicted molar refractivity (Wildman–Crippen MR) is 87.4 cm³/mol. The number of hydrogen-bond donors (Lipinski definition) is 1. The van der Waals surface area contributed by atoms with Gasteiger partial charge < -0.3 is 29.0 Å². The van der Waals surface area contributed by atoms with Crippen molar-refractivity contribution in [1.29, 1.82) is 0 Å². The first kappa shape index (κ1) is 24.1. The standard InChI is InChI=1S/C16H27F2NO7/c1-6-11(13(14(17)18)24-10-23-8-7-22-5)25-12(20)9-19-15(21)26-16(2,3)4/h11H,6-10H2,1-5H3,(H,19,21). The molecule has 0 aromatic heterocycles. The summed E-state index contributed by atoms with van der Waals surface area (Å²) in [5.41, 5.74) is -0.732. The molecule has 10 heteroatoms. The van der Waals surface area contributed by atoms with E-state index < -0.39 is 48.9 Å². The molecule has 0 aliphatic rings. The third-order valence-corrected chi connectivity index (χ3v) is 2.63. The van der Waals surface area contributed by atoms with Crippen LogP contribution in [0.25, 0.3) is 0 Å². The molecular formula is C16H27F2NO7. The van der Waals surface area contributed by atoms with Crippen molar-refractivity contribution in [1.82, 2.24) is 5.32 Å². The zero-order valence-electron chi connectivity index (χ0n) is 15.7. The van der Waals surface area contributed by atoms with Crippen molar-refractivity contribution in [3.63, 3.8) is 0 Å². The third kappa shape index (κ3) is 11.6. The molecule has 1 amide bonds. The van der Waals surface area contributed by atoms with Gasteiger partial charge in [0.05, 0.1) is 13.2 Å². The first-order valence-electron chi connectivity index (χ1n) is 8.01. The lowest BCUT2D eigenvalue weighted by Gasteiger charge is -2.21. The van der Waals surface area contributed by atoms with Crippen LogP contribution in [0.15, 0.2) is 11.8 Å². The van der Waals surface area contributed by atoms with Gasteiger partial charge in [0.2, 0.25) is 5.76 Å². The van der Waals surface area contributed by atoms with Gasteiger partial charge in [0, 0.05) is 7.11 Å². The molecule has 1 N–H and O–H groups in total. The van der Waals surface area contributed by atoms with Crippen LogP contribution in [0.3, 0.4) is 0 Å². The van der Waals surface area contributed by atoms with E-state index in [0.717, 1.165) is 0 Å². The van der Waals surface area contributed by atoms with E-state index in [1.54, 1.807) is 20.8 Å².